The maximum atomic E-state index is 11.8. The van der Waals surface area contributed by atoms with Gasteiger partial charge in [0.15, 0.2) is 0 Å². The van der Waals surface area contributed by atoms with E-state index in [4.69, 9.17) is 0 Å². The van der Waals surface area contributed by atoms with Crippen LogP contribution >= 0.6 is 15.9 Å². The van der Waals surface area contributed by atoms with Crippen LogP contribution in [-0.4, -0.2) is 25.0 Å². The van der Waals surface area contributed by atoms with E-state index in [1.165, 1.54) is 12.8 Å². The Morgan fingerprint density at radius 1 is 1.14 bits per heavy atom. The number of carbonyl (C=O) groups excluding carboxylic acids is 2. The molecule has 0 atom stereocenters. The molecule has 5 nitrogen and oxygen atoms in total. The number of unbranched alkanes of at least 4 members (excludes halogenated alkanes) is 3. The first-order valence-electron chi connectivity index (χ1n) is 7.60. The van der Waals surface area contributed by atoms with Crippen molar-refractivity contribution in [2.45, 2.75) is 39.5 Å². The van der Waals surface area contributed by atoms with Gasteiger partial charge in [0.1, 0.15) is 0 Å². The van der Waals surface area contributed by atoms with Crippen molar-refractivity contribution in [1.29, 1.82) is 0 Å². The number of anilines is 1. The maximum absolute atomic E-state index is 11.8. The predicted molar refractivity (Wildman–Crippen MR) is 93.1 cm³/mol. The quantitative estimate of drug-likeness (QED) is 0.612. The lowest BCUT2D eigenvalue weighted by atomic mass is 10.2. The van der Waals surface area contributed by atoms with Crippen molar-refractivity contribution >= 4 is 33.6 Å². The molecule has 1 rings (SSSR count). The van der Waals surface area contributed by atoms with Crippen molar-refractivity contribution in [1.82, 2.24) is 10.6 Å². The summed E-state index contributed by atoms with van der Waals surface area (Å²) in [5.74, 6) is -0.244. The zero-order chi connectivity index (χ0) is 16.4. The molecule has 0 spiro atoms. The average Bonchev–Trinajstić information content (AvgIpc) is 2.48. The molecule has 6 heteroatoms. The van der Waals surface area contributed by atoms with E-state index in [2.05, 4.69) is 38.8 Å². The van der Waals surface area contributed by atoms with Crippen LogP contribution < -0.4 is 16.0 Å². The van der Waals surface area contributed by atoms with Gasteiger partial charge in [-0.3, -0.25) is 4.79 Å². The van der Waals surface area contributed by atoms with Crippen molar-refractivity contribution < 1.29 is 9.59 Å². The highest BCUT2D eigenvalue weighted by Crippen LogP contribution is 2.19. The molecule has 22 heavy (non-hydrogen) atoms. The van der Waals surface area contributed by atoms with Gasteiger partial charge >= 0.3 is 6.03 Å². The van der Waals surface area contributed by atoms with E-state index in [-0.39, 0.29) is 18.5 Å². The molecule has 1 aromatic carbocycles. The highest BCUT2D eigenvalue weighted by atomic mass is 79.9. The highest BCUT2D eigenvalue weighted by molar-refractivity contribution is 9.10. The summed E-state index contributed by atoms with van der Waals surface area (Å²) in [6, 6.07) is 5.30. The van der Waals surface area contributed by atoms with Gasteiger partial charge in [-0.2, -0.15) is 0 Å². The molecule has 0 saturated carbocycles. The molecule has 3 N–H and O–H groups in total. The lowest BCUT2D eigenvalue weighted by molar-refractivity contribution is -0.115. The normalized spacial score (nSPS) is 10.1. The number of amides is 3. The fourth-order valence-corrected chi connectivity index (χ4v) is 2.41. The third-order valence-corrected chi connectivity index (χ3v) is 3.68. The second kappa shape index (κ2) is 10.2. The topological polar surface area (TPSA) is 70.2 Å². The highest BCUT2D eigenvalue weighted by Gasteiger charge is 2.07. The van der Waals surface area contributed by atoms with Crippen molar-refractivity contribution in [2.24, 2.45) is 0 Å². The van der Waals surface area contributed by atoms with E-state index in [0.717, 1.165) is 28.6 Å². The van der Waals surface area contributed by atoms with Crippen LogP contribution in [0.5, 0.6) is 0 Å². The van der Waals surface area contributed by atoms with Crippen molar-refractivity contribution in [3.05, 3.63) is 28.2 Å². The molecular formula is C16H24BrN3O2. The number of benzene rings is 1. The summed E-state index contributed by atoms with van der Waals surface area (Å²) >= 11 is 3.37. The number of rotatable bonds is 8. The molecule has 0 aliphatic rings. The molecule has 0 unspecified atom stereocenters. The number of aryl methyl sites for hydroxylation is 1. The molecule has 0 aliphatic heterocycles. The molecule has 3 amide bonds. The summed E-state index contributed by atoms with van der Waals surface area (Å²) in [6.07, 6.45) is 4.42. The van der Waals surface area contributed by atoms with Crippen LogP contribution in [0.4, 0.5) is 10.5 Å². The molecule has 0 radical (unpaired) electrons. The van der Waals surface area contributed by atoms with Gasteiger partial charge in [0.2, 0.25) is 5.91 Å². The standard InChI is InChI=1S/C16H24BrN3O2/c1-3-4-5-6-9-18-16(22)19-11-15(21)20-14-8-7-13(17)10-12(14)2/h7-8,10H,3-6,9,11H2,1-2H3,(H,20,21)(H2,18,19,22). The molecular weight excluding hydrogens is 346 g/mol. The Bertz CT molecular complexity index is 506. The van der Waals surface area contributed by atoms with Crippen LogP contribution in [0, 0.1) is 6.92 Å². The molecule has 0 aliphatic carbocycles. The number of halogens is 1. The Morgan fingerprint density at radius 2 is 1.91 bits per heavy atom. The van der Waals surface area contributed by atoms with Crippen molar-refractivity contribution in [2.75, 3.05) is 18.4 Å². The van der Waals surface area contributed by atoms with E-state index >= 15 is 0 Å². The Labute approximate surface area is 140 Å². The Balaban J connectivity index is 2.23. The second-order valence-electron chi connectivity index (χ2n) is 5.18. The van der Waals surface area contributed by atoms with Crippen LogP contribution in [0.1, 0.15) is 38.2 Å². The van der Waals surface area contributed by atoms with E-state index in [1.54, 1.807) is 0 Å². The average molecular weight is 370 g/mol. The Hall–Kier alpha value is -1.56. The first-order valence-corrected chi connectivity index (χ1v) is 8.40. The number of urea groups is 1. The van der Waals surface area contributed by atoms with E-state index in [1.807, 2.05) is 25.1 Å². The second-order valence-corrected chi connectivity index (χ2v) is 6.09. The SMILES string of the molecule is CCCCCCNC(=O)NCC(=O)Nc1ccc(Br)cc1C. The zero-order valence-corrected chi connectivity index (χ0v) is 14.8. The maximum Gasteiger partial charge on any atom is 0.315 e. The first kappa shape index (κ1) is 18.5. The van der Waals surface area contributed by atoms with Crippen LogP contribution in [0.25, 0.3) is 0 Å². The Morgan fingerprint density at radius 3 is 2.59 bits per heavy atom. The van der Waals surface area contributed by atoms with Crippen molar-refractivity contribution in [3.63, 3.8) is 0 Å². The number of hydrogen-bond acceptors (Lipinski definition) is 2. The summed E-state index contributed by atoms with van der Waals surface area (Å²) in [4.78, 5) is 23.3. The minimum atomic E-state index is -0.306. The van der Waals surface area contributed by atoms with Gasteiger partial charge in [-0.05, 0) is 37.1 Å². The van der Waals surface area contributed by atoms with Gasteiger partial charge in [0.25, 0.3) is 0 Å². The largest absolute Gasteiger partial charge is 0.338 e. The molecule has 0 saturated heterocycles. The predicted octanol–water partition coefficient (Wildman–Crippen LogP) is 3.58. The summed E-state index contributed by atoms with van der Waals surface area (Å²) in [5, 5.41) is 8.07. The van der Waals surface area contributed by atoms with Crippen LogP contribution in [0.15, 0.2) is 22.7 Å². The summed E-state index contributed by atoms with van der Waals surface area (Å²) in [5.41, 5.74) is 1.71. The van der Waals surface area contributed by atoms with E-state index in [0.29, 0.717) is 6.54 Å². The molecule has 1 aromatic rings. The van der Waals surface area contributed by atoms with E-state index in [9.17, 15) is 9.59 Å². The molecule has 0 aromatic heterocycles. The fourth-order valence-electron chi connectivity index (χ4n) is 1.94. The molecule has 0 heterocycles. The molecule has 0 fully saturated rings. The van der Waals surface area contributed by atoms with E-state index < -0.39 is 0 Å². The van der Waals surface area contributed by atoms with Crippen LogP contribution in [-0.2, 0) is 4.79 Å². The smallest absolute Gasteiger partial charge is 0.315 e. The van der Waals surface area contributed by atoms with Gasteiger partial charge in [-0.1, -0.05) is 42.1 Å². The van der Waals surface area contributed by atoms with Crippen LogP contribution in [0.2, 0.25) is 0 Å². The van der Waals surface area contributed by atoms with Gasteiger partial charge in [0.05, 0.1) is 6.54 Å². The third-order valence-electron chi connectivity index (χ3n) is 3.19. The summed E-state index contributed by atoms with van der Waals surface area (Å²) < 4.78 is 0.962. The Kier molecular flexibility index (Phi) is 8.58. The fraction of sp³-hybridized carbons (Fsp3) is 0.500. The first-order chi connectivity index (χ1) is 10.5. The summed E-state index contributed by atoms with van der Waals surface area (Å²) in [7, 11) is 0. The zero-order valence-electron chi connectivity index (χ0n) is 13.2. The number of carbonyl (C=O) groups is 2. The minimum Gasteiger partial charge on any atom is -0.338 e. The molecule has 0 bridgehead atoms. The molecule has 122 valence electrons. The lowest BCUT2D eigenvalue weighted by Crippen LogP contribution is -2.40. The monoisotopic (exact) mass is 369 g/mol. The van der Waals surface area contributed by atoms with Crippen molar-refractivity contribution in [3.8, 4) is 0 Å². The van der Waals surface area contributed by atoms with Gasteiger partial charge in [-0.15, -0.1) is 0 Å². The lowest BCUT2D eigenvalue weighted by Gasteiger charge is -2.10. The number of nitrogens with one attached hydrogen (secondary N) is 3. The van der Waals surface area contributed by atoms with Gasteiger partial charge in [0, 0.05) is 16.7 Å². The number of hydrogen-bond donors (Lipinski definition) is 3. The van der Waals surface area contributed by atoms with Gasteiger partial charge < -0.3 is 16.0 Å². The third kappa shape index (κ3) is 7.45. The van der Waals surface area contributed by atoms with Crippen LogP contribution in [0.3, 0.4) is 0 Å². The minimum absolute atomic E-state index is 0.0453. The summed E-state index contributed by atoms with van der Waals surface area (Å²) in [6.45, 7) is 4.65. The van der Waals surface area contributed by atoms with Gasteiger partial charge in [-0.25, -0.2) is 4.79 Å².